The molecule has 0 spiro atoms. The lowest BCUT2D eigenvalue weighted by molar-refractivity contribution is 0.480. The number of H-pyrrole nitrogens is 1. The second-order valence-electron chi connectivity index (χ2n) is 3.13. The van der Waals surface area contributed by atoms with Gasteiger partial charge >= 0.3 is 0 Å². The number of hydrogen-bond acceptors (Lipinski definition) is 2. The van der Waals surface area contributed by atoms with E-state index in [1.807, 2.05) is 0 Å². The second-order valence-corrected chi connectivity index (χ2v) is 3.13. The number of hydrogen-bond donors (Lipinski definition) is 2. The quantitative estimate of drug-likeness (QED) is 0.668. The molecule has 2 aromatic rings. The molecule has 0 saturated heterocycles. The maximum Gasteiger partial charge on any atom is 0.248 e. The van der Waals surface area contributed by atoms with Crippen LogP contribution in [0.5, 0.6) is 5.75 Å². The topological polar surface area (TPSA) is 53.1 Å². The maximum absolute atomic E-state index is 13.2. The largest absolute Gasteiger partial charge is 0.507 e. The fraction of sp³-hybridized carbons (Fsp3) is 0.100. The molecule has 14 heavy (non-hydrogen) atoms. The van der Waals surface area contributed by atoms with E-state index < -0.39 is 5.82 Å². The van der Waals surface area contributed by atoms with E-state index in [1.54, 1.807) is 6.92 Å². The summed E-state index contributed by atoms with van der Waals surface area (Å²) < 4.78 is 13.2. The maximum atomic E-state index is 13.2. The zero-order valence-electron chi connectivity index (χ0n) is 7.47. The van der Waals surface area contributed by atoms with Crippen molar-refractivity contribution in [2.24, 2.45) is 0 Å². The molecule has 0 fully saturated rings. The Morgan fingerprint density at radius 2 is 2.14 bits per heavy atom. The van der Waals surface area contributed by atoms with Gasteiger partial charge in [-0.2, -0.15) is 0 Å². The van der Waals surface area contributed by atoms with Crippen LogP contribution < -0.4 is 5.56 Å². The van der Waals surface area contributed by atoms with Crippen LogP contribution >= 0.6 is 0 Å². The molecule has 0 bridgehead atoms. The Hall–Kier alpha value is -1.84. The average Bonchev–Trinajstić information content (AvgIpc) is 2.10. The first-order valence-electron chi connectivity index (χ1n) is 4.10. The number of phenolic OH excluding ortho intramolecular Hbond substituents is 1. The van der Waals surface area contributed by atoms with E-state index in [9.17, 15) is 14.3 Å². The molecule has 0 radical (unpaired) electrons. The summed E-state index contributed by atoms with van der Waals surface area (Å²) in [5.41, 5.74) is 0.232. The number of rotatable bonds is 0. The predicted molar refractivity (Wildman–Crippen MR) is 50.9 cm³/mol. The lowest BCUT2D eigenvalue weighted by atomic mass is 10.1. The number of phenols is 1. The fourth-order valence-electron chi connectivity index (χ4n) is 1.52. The number of aromatic nitrogens is 1. The lowest BCUT2D eigenvalue weighted by Gasteiger charge is -2.04. The SMILES string of the molecule is Cc1cc(=O)[nH]c2c(F)ccc(O)c12. The van der Waals surface area contributed by atoms with Crippen LogP contribution in [0.4, 0.5) is 4.39 Å². The van der Waals surface area contributed by atoms with Crippen molar-refractivity contribution in [1.82, 2.24) is 4.98 Å². The van der Waals surface area contributed by atoms with Crippen LogP contribution in [0.25, 0.3) is 10.9 Å². The van der Waals surface area contributed by atoms with E-state index in [0.717, 1.165) is 6.07 Å². The Bertz CT molecular complexity index is 560. The number of benzene rings is 1. The van der Waals surface area contributed by atoms with E-state index >= 15 is 0 Å². The Morgan fingerprint density at radius 3 is 2.86 bits per heavy atom. The molecular formula is C10H8FNO2. The summed E-state index contributed by atoms with van der Waals surface area (Å²) in [4.78, 5) is 13.4. The minimum Gasteiger partial charge on any atom is -0.507 e. The van der Waals surface area contributed by atoms with Gasteiger partial charge in [-0.3, -0.25) is 4.79 Å². The zero-order valence-corrected chi connectivity index (χ0v) is 7.47. The van der Waals surface area contributed by atoms with Crippen molar-refractivity contribution in [3.05, 3.63) is 39.9 Å². The summed E-state index contributed by atoms with van der Waals surface area (Å²) >= 11 is 0. The molecule has 0 amide bonds. The van der Waals surface area contributed by atoms with Gasteiger partial charge in [0.1, 0.15) is 11.6 Å². The molecule has 0 unspecified atom stereocenters. The van der Waals surface area contributed by atoms with Gasteiger partial charge in [0.15, 0.2) is 0 Å². The third-order valence-electron chi connectivity index (χ3n) is 2.12. The highest BCUT2D eigenvalue weighted by molar-refractivity contribution is 5.88. The van der Waals surface area contributed by atoms with Crippen LogP contribution in [0.3, 0.4) is 0 Å². The van der Waals surface area contributed by atoms with E-state index in [0.29, 0.717) is 10.9 Å². The third-order valence-corrected chi connectivity index (χ3v) is 2.12. The Balaban J connectivity index is 3.07. The Kier molecular flexibility index (Phi) is 1.77. The molecule has 0 atom stereocenters. The van der Waals surface area contributed by atoms with Gasteiger partial charge in [0, 0.05) is 11.5 Å². The third kappa shape index (κ3) is 1.16. The second kappa shape index (κ2) is 2.83. The highest BCUT2D eigenvalue weighted by Gasteiger charge is 2.08. The van der Waals surface area contributed by atoms with Crippen LogP contribution in [-0.4, -0.2) is 10.1 Å². The molecule has 0 aliphatic rings. The summed E-state index contributed by atoms with van der Waals surface area (Å²) in [5.74, 6) is -0.575. The van der Waals surface area contributed by atoms with Gasteiger partial charge in [-0.05, 0) is 24.6 Å². The fourth-order valence-corrected chi connectivity index (χ4v) is 1.52. The lowest BCUT2D eigenvalue weighted by Crippen LogP contribution is -2.06. The molecule has 1 heterocycles. The molecule has 3 nitrogen and oxygen atoms in total. The van der Waals surface area contributed by atoms with E-state index in [2.05, 4.69) is 4.98 Å². The van der Waals surface area contributed by atoms with Gasteiger partial charge < -0.3 is 10.1 Å². The van der Waals surface area contributed by atoms with Crippen molar-refractivity contribution in [2.75, 3.05) is 0 Å². The number of fused-ring (bicyclic) bond motifs is 1. The molecule has 4 heteroatoms. The molecule has 1 aromatic heterocycles. The summed E-state index contributed by atoms with van der Waals surface area (Å²) in [5, 5.41) is 9.83. The number of halogens is 1. The predicted octanol–water partition coefficient (Wildman–Crippen LogP) is 1.68. The van der Waals surface area contributed by atoms with Crippen molar-refractivity contribution < 1.29 is 9.50 Å². The molecular weight excluding hydrogens is 185 g/mol. The van der Waals surface area contributed by atoms with Crippen molar-refractivity contribution in [1.29, 1.82) is 0 Å². The first kappa shape index (κ1) is 8.74. The molecule has 0 aliphatic carbocycles. The van der Waals surface area contributed by atoms with E-state index in [1.165, 1.54) is 12.1 Å². The zero-order chi connectivity index (χ0) is 10.3. The minimum atomic E-state index is -0.543. The summed E-state index contributed by atoms with van der Waals surface area (Å²) in [6.07, 6.45) is 0. The standard InChI is InChI=1S/C10H8FNO2/c1-5-4-8(14)12-10-6(11)2-3-7(13)9(5)10/h2-4,13H,1H3,(H,12,14). The number of aromatic hydroxyl groups is 1. The van der Waals surface area contributed by atoms with Crippen LogP contribution in [0.15, 0.2) is 23.0 Å². The van der Waals surface area contributed by atoms with Gasteiger partial charge in [0.05, 0.1) is 5.52 Å². The van der Waals surface area contributed by atoms with Crippen LogP contribution in [0, 0.1) is 12.7 Å². The van der Waals surface area contributed by atoms with Crippen LogP contribution in [-0.2, 0) is 0 Å². The van der Waals surface area contributed by atoms with Crippen molar-refractivity contribution in [2.45, 2.75) is 6.92 Å². The molecule has 72 valence electrons. The molecule has 2 N–H and O–H groups in total. The van der Waals surface area contributed by atoms with E-state index in [4.69, 9.17) is 0 Å². The first-order chi connectivity index (χ1) is 6.59. The van der Waals surface area contributed by atoms with E-state index in [-0.39, 0.29) is 16.8 Å². The Morgan fingerprint density at radius 1 is 1.43 bits per heavy atom. The number of aryl methyl sites for hydroxylation is 1. The van der Waals surface area contributed by atoms with Gasteiger partial charge in [-0.25, -0.2) is 4.39 Å². The van der Waals surface area contributed by atoms with Crippen LogP contribution in [0.1, 0.15) is 5.56 Å². The molecule has 0 aliphatic heterocycles. The summed E-state index contributed by atoms with van der Waals surface area (Å²) in [7, 11) is 0. The van der Waals surface area contributed by atoms with Crippen molar-refractivity contribution in [3.8, 4) is 5.75 Å². The summed E-state index contributed by atoms with van der Waals surface area (Å²) in [6.45, 7) is 1.65. The molecule has 2 rings (SSSR count). The van der Waals surface area contributed by atoms with Crippen molar-refractivity contribution >= 4 is 10.9 Å². The monoisotopic (exact) mass is 193 g/mol. The minimum absolute atomic E-state index is 0.0323. The first-order valence-corrected chi connectivity index (χ1v) is 4.10. The van der Waals surface area contributed by atoms with Crippen molar-refractivity contribution in [3.63, 3.8) is 0 Å². The Labute approximate surface area is 78.8 Å². The average molecular weight is 193 g/mol. The molecule has 1 aromatic carbocycles. The normalized spacial score (nSPS) is 10.7. The van der Waals surface area contributed by atoms with Gasteiger partial charge in [0.25, 0.3) is 0 Å². The van der Waals surface area contributed by atoms with Gasteiger partial charge in [0.2, 0.25) is 5.56 Å². The number of nitrogens with one attached hydrogen (secondary N) is 1. The number of aromatic amines is 1. The van der Waals surface area contributed by atoms with Crippen LogP contribution in [0.2, 0.25) is 0 Å². The highest BCUT2D eigenvalue weighted by atomic mass is 19.1. The van der Waals surface area contributed by atoms with Gasteiger partial charge in [-0.1, -0.05) is 0 Å². The highest BCUT2D eigenvalue weighted by Crippen LogP contribution is 2.26. The van der Waals surface area contributed by atoms with Gasteiger partial charge in [-0.15, -0.1) is 0 Å². The number of pyridine rings is 1. The smallest absolute Gasteiger partial charge is 0.248 e. The molecule has 0 saturated carbocycles. The summed E-state index contributed by atoms with van der Waals surface area (Å²) in [6, 6.07) is 3.71.